The fourth-order valence-corrected chi connectivity index (χ4v) is 3.02. The molecule has 110 valence electrons. The number of carbonyl (C=O) groups is 1. The molecule has 20 heavy (non-hydrogen) atoms. The highest BCUT2D eigenvalue weighted by Gasteiger charge is 2.24. The summed E-state index contributed by atoms with van der Waals surface area (Å²) >= 11 is 0. The van der Waals surface area contributed by atoms with E-state index in [9.17, 15) is 4.79 Å². The molecule has 1 fully saturated rings. The van der Waals surface area contributed by atoms with Crippen LogP contribution in [0.1, 0.15) is 43.2 Å². The van der Waals surface area contributed by atoms with Crippen molar-refractivity contribution in [3.8, 4) is 0 Å². The molecule has 0 bridgehead atoms. The van der Waals surface area contributed by atoms with Crippen LogP contribution in [-0.2, 0) is 11.2 Å². The molecular formula is C17H26N2O. The molecule has 0 aliphatic heterocycles. The summed E-state index contributed by atoms with van der Waals surface area (Å²) in [4.78, 5) is 12.0. The molecule has 1 unspecified atom stereocenters. The molecule has 1 amide bonds. The van der Waals surface area contributed by atoms with Crippen molar-refractivity contribution >= 4 is 5.91 Å². The second kappa shape index (κ2) is 7.44. The largest absolute Gasteiger partial charge is 0.352 e. The van der Waals surface area contributed by atoms with Crippen LogP contribution in [0.15, 0.2) is 24.3 Å². The molecule has 0 saturated heterocycles. The number of benzene rings is 1. The molecule has 0 heterocycles. The normalized spacial score (nSPS) is 17.1. The fourth-order valence-electron chi connectivity index (χ4n) is 3.02. The summed E-state index contributed by atoms with van der Waals surface area (Å²) in [7, 11) is 0. The smallest absolute Gasteiger partial charge is 0.220 e. The van der Waals surface area contributed by atoms with Crippen LogP contribution in [0.3, 0.4) is 0 Å². The van der Waals surface area contributed by atoms with Crippen LogP contribution in [0.5, 0.6) is 0 Å². The van der Waals surface area contributed by atoms with Gasteiger partial charge in [-0.1, -0.05) is 42.7 Å². The summed E-state index contributed by atoms with van der Waals surface area (Å²) in [6.07, 6.45) is 6.32. The van der Waals surface area contributed by atoms with Gasteiger partial charge in [0.05, 0.1) is 0 Å². The Morgan fingerprint density at radius 3 is 2.55 bits per heavy atom. The Hall–Kier alpha value is -1.35. The number of amides is 1. The Balaban J connectivity index is 1.77. The minimum atomic E-state index is 0.132. The highest BCUT2D eigenvalue weighted by Crippen LogP contribution is 2.27. The molecule has 0 aromatic heterocycles. The van der Waals surface area contributed by atoms with Gasteiger partial charge < -0.3 is 11.1 Å². The van der Waals surface area contributed by atoms with Crippen molar-refractivity contribution in [3.05, 3.63) is 35.4 Å². The summed E-state index contributed by atoms with van der Waals surface area (Å²) in [5, 5.41) is 3.13. The van der Waals surface area contributed by atoms with Crippen molar-refractivity contribution in [1.82, 2.24) is 5.32 Å². The lowest BCUT2D eigenvalue weighted by Crippen LogP contribution is -2.44. The van der Waals surface area contributed by atoms with E-state index < -0.39 is 0 Å². The second-order valence-electron chi connectivity index (χ2n) is 5.94. The molecule has 0 spiro atoms. The third-order valence-electron chi connectivity index (χ3n) is 4.33. The Labute approximate surface area is 121 Å². The summed E-state index contributed by atoms with van der Waals surface area (Å²) in [5.74, 6) is 0.719. The molecule has 0 radical (unpaired) electrons. The van der Waals surface area contributed by atoms with Gasteiger partial charge >= 0.3 is 0 Å². The third-order valence-corrected chi connectivity index (χ3v) is 4.33. The van der Waals surface area contributed by atoms with E-state index >= 15 is 0 Å². The van der Waals surface area contributed by atoms with Crippen LogP contribution in [0.2, 0.25) is 0 Å². The molecule has 1 aromatic rings. The van der Waals surface area contributed by atoms with Gasteiger partial charge in [-0.3, -0.25) is 4.79 Å². The van der Waals surface area contributed by atoms with E-state index in [-0.39, 0.29) is 11.9 Å². The first-order valence-electron chi connectivity index (χ1n) is 7.74. The van der Waals surface area contributed by atoms with Gasteiger partial charge in [0.15, 0.2) is 0 Å². The summed E-state index contributed by atoms with van der Waals surface area (Å²) in [6, 6.07) is 8.55. The van der Waals surface area contributed by atoms with Crippen LogP contribution in [0.25, 0.3) is 0 Å². The Kier molecular flexibility index (Phi) is 5.60. The van der Waals surface area contributed by atoms with E-state index in [0.717, 1.165) is 6.42 Å². The van der Waals surface area contributed by atoms with Crippen LogP contribution in [0.4, 0.5) is 0 Å². The van der Waals surface area contributed by atoms with E-state index in [1.54, 1.807) is 0 Å². The predicted molar refractivity (Wildman–Crippen MR) is 82.4 cm³/mol. The maximum atomic E-state index is 12.0. The molecule has 1 aromatic carbocycles. The predicted octanol–water partition coefficient (Wildman–Crippen LogP) is 2.56. The fraction of sp³-hybridized carbons (Fsp3) is 0.588. The lowest BCUT2D eigenvalue weighted by Gasteiger charge is -2.23. The van der Waals surface area contributed by atoms with E-state index in [4.69, 9.17) is 5.73 Å². The number of hydrogen-bond donors (Lipinski definition) is 2. The van der Waals surface area contributed by atoms with Gasteiger partial charge in [-0.15, -0.1) is 0 Å². The van der Waals surface area contributed by atoms with Crippen molar-refractivity contribution in [2.75, 3.05) is 6.54 Å². The molecule has 1 saturated carbocycles. The van der Waals surface area contributed by atoms with Gasteiger partial charge in [0.2, 0.25) is 5.91 Å². The van der Waals surface area contributed by atoms with E-state index in [2.05, 4.69) is 36.5 Å². The third kappa shape index (κ3) is 4.34. The van der Waals surface area contributed by atoms with Gasteiger partial charge in [-0.25, -0.2) is 0 Å². The monoisotopic (exact) mass is 274 g/mol. The van der Waals surface area contributed by atoms with E-state index in [1.165, 1.54) is 36.8 Å². The molecular weight excluding hydrogens is 248 g/mol. The molecule has 1 aliphatic carbocycles. The molecule has 1 atom stereocenters. The van der Waals surface area contributed by atoms with E-state index in [0.29, 0.717) is 18.9 Å². The number of aryl methyl sites for hydroxylation is 2. The lowest BCUT2D eigenvalue weighted by atomic mass is 9.98. The van der Waals surface area contributed by atoms with Crippen LogP contribution < -0.4 is 11.1 Å². The standard InChI is InChI=1S/C17H26N2O/c1-13-6-8-14(9-7-13)10-11-17(20)19-16(12-18)15-4-2-3-5-15/h6-9,15-16H,2-5,10-12,18H2,1H3,(H,19,20). The number of rotatable bonds is 6. The van der Waals surface area contributed by atoms with Crippen LogP contribution in [-0.4, -0.2) is 18.5 Å². The van der Waals surface area contributed by atoms with Crippen molar-refractivity contribution < 1.29 is 4.79 Å². The number of hydrogen-bond acceptors (Lipinski definition) is 2. The molecule has 3 nitrogen and oxygen atoms in total. The zero-order valence-electron chi connectivity index (χ0n) is 12.4. The van der Waals surface area contributed by atoms with E-state index in [1.807, 2.05) is 0 Å². The zero-order chi connectivity index (χ0) is 14.4. The summed E-state index contributed by atoms with van der Waals surface area (Å²) in [6.45, 7) is 2.63. The topological polar surface area (TPSA) is 55.1 Å². The minimum absolute atomic E-state index is 0.132. The molecule has 1 aliphatic rings. The lowest BCUT2D eigenvalue weighted by molar-refractivity contribution is -0.122. The van der Waals surface area contributed by atoms with Gasteiger partial charge in [-0.05, 0) is 37.7 Å². The minimum Gasteiger partial charge on any atom is -0.352 e. The molecule has 3 N–H and O–H groups in total. The van der Waals surface area contributed by atoms with Gasteiger partial charge in [0.1, 0.15) is 0 Å². The van der Waals surface area contributed by atoms with Gasteiger partial charge in [-0.2, -0.15) is 0 Å². The first-order chi connectivity index (χ1) is 9.69. The van der Waals surface area contributed by atoms with Crippen molar-refractivity contribution in [2.45, 2.75) is 51.5 Å². The Bertz CT molecular complexity index is 421. The Morgan fingerprint density at radius 2 is 1.95 bits per heavy atom. The van der Waals surface area contributed by atoms with Crippen LogP contribution in [0, 0.1) is 12.8 Å². The zero-order valence-corrected chi connectivity index (χ0v) is 12.4. The molecule has 2 rings (SSSR count). The Morgan fingerprint density at radius 1 is 1.30 bits per heavy atom. The second-order valence-corrected chi connectivity index (χ2v) is 5.94. The SMILES string of the molecule is Cc1ccc(CCC(=O)NC(CN)C2CCCC2)cc1. The van der Waals surface area contributed by atoms with Crippen molar-refractivity contribution in [1.29, 1.82) is 0 Å². The quantitative estimate of drug-likeness (QED) is 0.837. The van der Waals surface area contributed by atoms with Crippen molar-refractivity contribution in [3.63, 3.8) is 0 Å². The average molecular weight is 274 g/mol. The number of carbonyl (C=O) groups excluding carboxylic acids is 1. The molecule has 3 heteroatoms. The van der Waals surface area contributed by atoms with Gasteiger partial charge in [0.25, 0.3) is 0 Å². The maximum Gasteiger partial charge on any atom is 0.220 e. The maximum absolute atomic E-state index is 12.0. The summed E-state index contributed by atoms with van der Waals surface area (Å²) < 4.78 is 0. The average Bonchev–Trinajstić information content (AvgIpc) is 2.98. The number of nitrogens with one attached hydrogen (secondary N) is 1. The highest BCUT2D eigenvalue weighted by molar-refractivity contribution is 5.76. The van der Waals surface area contributed by atoms with Crippen LogP contribution >= 0.6 is 0 Å². The number of nitrogens with two attached hydrogens (primary N) is 1. The van der Waals surface area contributed by atoms with Crippen molar-refractivity contribution in [2.24, 2.45) is 11.7 Å². The first kappa shape index (κ1) is 15.0. The first-order valence-corrected chi connectivity index (χ1v) is 7.74. The van der Waals surface area contributed by atoms with Gasteiger partial charge in [0, 0.05) is 19.0 Å². The highest BCUT2D eigenvalue weighted by atomic mass is 16.1. The summed E-state index contributed by atoms with van der Waals surface area (Å²) in [5.41, 5.74) is 8.28.